The van der Waals surface area contributed by atoms with E-state index in [1.165, 1.54) is 16.9 Å². The number of carbonyl (C=O) groups is 1. The highest BCUT2D eigenvalue weighted by molar-refractivity contribution is 7.13. The van der Waals surface area contributed by atoms with E-state index in [4.69, 9.17) is 0 Å². The van der Waals surface area contributed by atoms with Gasteiger partial charge in [0.1, 0.15) is 0 Å². The summed E-state index contributed by atoms with van der Waals surface area (Å²) in [6, 6.07) is 14.3. The van der Waals surface area contributed by atoms with Gasteiger partial charge in [0.15, 0.2) is 16.6 Å². The second-order valence-corrected chi connectivity index (χ2v) is 8.00. The van der Waals surface area contributed by atoms with Crippen LogP contribution in [0.25, 0.3) is 0 Å². The Hall–Kier alpha value is -2.80. The molecule has 1 amide bonds. The number of hydrogen-bond acceptors (Lipinski definition) is 6. The first-order valence-corrected chi connectivity index (χ1v) is 10.4. The van der Waals surface area contributed by atoms with Gasteiger partial charge in [-0.25, -0.2) is 4.98 Å². The van der Waals surface area contributed by atoms with Crippen molar-refractivity contribution in [1.82, 2.24) is 15.2 Å². The number of carbonyl (C=O) groups excluding carboxylic acids is 1. The minimum Gasteiger partial charge on any atom is -0.355 e. The standard InChI is InChI=1S/C21H23N5OS/c1-15-14-28-21(22-15)23-20(27)18-7-8-19(25-24-18)26-11-9-17(10-12-26)13-16-5-3-2-4-6-16/h2-8,14,17H,9-13H2,1H3,(H,22,23,27). The molecule has 1 aromatic carbocycles. The molecule has 4 rings (SSSR count). The number of amides is 1. The lowest BCUT2D eigenvalue weighted by Crippen LogP contribution is -2.35. The topological polar surface area (TPSA) is 71.0 Å². The Bertz CT molecular complexity index is 917. The highest BCUT2D eigenvalue weighted by atomic mass is 32.1. The first-order valence-electron chi connectivity index (χ1n) is 9.53. The second kappa shape index (κ2) is 8.48. The van der Waals surface area contributed by atoms with Crippen molar-refractivity contribution in [1.29, 1.82) is 0 Å². The smallest absolute Gasteiger partial charge is 0.277 e. The second-order valence-electron chi connectivity index (χ2n) is 7.15. The van der Waals surface area contributed by atoms with Crippen LogP contribution in [0.2, 0.25) is 0 Å². The number of aryl methyl sites for hydroxylation is 1. The van der Waals surface area contributed by atoms with E-state index in [0.717, 1.165) is 43.9 Å². The van der Waals surface area contributed by atoms with Gasteiger partial charge in [0, 0.05) is 18.5 Å². The van der Waals surface area contributed by atoms with Crippen LogP contribution >= 0.6 is 11.3 Å². The summed E-state index contributed by atoms with van der Waals surface area (Å²) in [5, 5.41) is 13.6. The van der Waals surface area contributed by atoms with Crippen molar-refractivity contribution in [2.75, 3.05) is 23.3 Å². The van der Waals surface area contributed by atoms with Crippen LogP contribution in [0, 0.1) is 12.8 Å². The molecule has 1 aliphatic rings. The summed E-state index contributed by atoms with van der Waals surface area (Å²) in [7, 11) is 0. The molecule has 3 aromatic rings. The summed E-state index contributed by atoms with van der Waals surface area (Å²) in [4.78, 5) is 18.8. The van der Waals surface area contributed by atoms with Crippen molar-refractivity contribution in [3.05, 3.63) is 64.8 Å². The van der Waals surface area contributed by atoms with E-state index in [-0.39, 0.29) is 5.91 Å². The number of rotatable bonds is 5. The molecule has 1 aliphatic heterocycles. The Kier molecular flexibility index (Phi) is 5.62. The number of nitrogens with zero attached hydrogens (tertiary/aromatic N) is 4. The van der Waals surface area contributed by atoms with Crippen LogP contribution in [0.15, 0.2) is 47.8 Å². The van der Waals surface area contributed by atoms with E-state index in [9.17, 15) is 4.79 Å². The maximum atomic E-state index is 12.3. The summed E-state index contributed by atoms with van der Waals surface area (Å²) < 4.78 is 0. The van der Waals surface area contributed by atoms with Crippen LogP contribution in [0.4, 0.5) is 10.9 Å². The average molecular weight is 394 g/mol. The lowest BCUT2D eigenvalue weighted by molar-refractivity contribution is 0.102. The minimum absolute atomic E-state index is 0.282. The van der Waals surface area contributed by atoms with Crippen molar-refractivity contribution < 1.29 is 4.79 Å². The minimum atomic E-state index is -0.282. The number of piperidine rings is 1. The average Bonchev–Trinajstić information content (AvgIpc) is 3.14. The maximum absolute atomic E-state index is 12.3. The van der Waals surface area contributed by atoms with Gasteiger partial charge in [0.05, 0.1) is 5.69 Å². The van der Waals surface area contributed by atoms with Crippen molar-refractivity contribution in [3.63, 3.8) is 0 Å². The van der Waals surface area contributed by atoms with Gasteiger partial charge in [-0.15, -0.1) is 21.5 Å². The fourth-order valence-electron chi connectivity index (χ4n) is 3.50. The van der Waals surface area contributed by atoms with E-state index < -0.39 is 0 Å². The SMILES string of the molecule is Cc1csc(NC(=O)c2ccc(N3CCC(Cc4ccccc4)CC3)nn2)n1. The maximum Gasteiger partial charge on any atom is 0.277 e. The van der Waals surface area contributed by atoms with Crippen LogP contribution in [0.5, 0.6) is 0 Å². The molecule has 1 N–H and O–H groups in total. The Labute approximate surface area is 168 Å². The van der Waals surface area contributed by atoms with Crippen LogP contribution in [0.1, 0.15) is 34.6 Å². The predicted octanol–water partition coefficient (Wildman–Crippen LogP) is 3.95. The summed E-state index contributed by atoms with van der Waals surface area (Å²) in [6.45, 7) is 3.83. The largest absolute Gasteiger partial charge is 0.355 e. The summed E-state index contributed by atoms with van der Waals surface area (Å²) in [5.74, 6) is 1.26. The molecule has 0 bridgehead atoms. The van der Waals surface area contributed by atoms with Gasteiger partial charge < -0.3 is 4.90 Å². The molecular formula is C21H23N5OS. The molecule has 0 spiro atoms. The van der Waals surface area contributed by atoms with Gasteiger partial charge >= 0.3 is 0 Å². The molecule has 28 heavy (non-hydrogen) atoms. The van der Waals surface area contributed by atoms with Gasteiger partial charge in [-0.2, -0.15) is 0 Å². The van der Waals surface area contributed by atoms with Crippen LogP contribution < -0.4 is 10.2 Å². The Morgan fingerprint density at radius 3 is 2.57 bits per heavy atom. The molecule has 0 radical (unpaired) electrons. The molecule has 0 saturated carbocycles. The van der Waals surface area contributed by atoms with Gasteiger partial charge in [-0.1, -0.05) is 30.3 Å². The number of benzene rings is 1. The highest BCUT2D eigenvalue weighted by Crippen LogP contribution is 2.24. The first kappa shape index (κ1) is 18.6. The van der Waals surface area contributed by atoms with Crippen LogP contribution in [-0.2, 0) is 6.42 Å². The van der Waals surface area contributed by atoms with Gasteiger partial charge in [0.25, 0.3) is 5.91 Å². The number of hydrogen-bond donors (Lipinski definition) is 1. The Morgan fingerprint density at radius 2 is 1.93 bits per heavy atom. The molecular weight excluding hydrogens is 370 g/mol. The van der Waals surface area contributed by atoms with Gasteiger partial charge in [-0.05, 0) is 49.8 Å². The van der Waals surface area contributed by atoms with Crippen molar-refractivity contribution >= 4 is 28.2 Å². The van der Waals surface area contributed by atoms with E-state index in [1.807, 2.05) is 18.4 Å². The predicted molar refractivity (Wildman–Crippen MR) is 112 cm³/mol. The number of aromatic nitrogens is 3. The quantitative estimate of drug-likeness (QED) is 0.711. The Morgan fingerprint density at radius 1 is 1.14 bits per heavy atom. The molecule has 144 valence electrons. The number of thiazole rings is 1. The van der Waals surface area contributed by atoms with Crippen LogP contribution in [0.3, 0.4) is 0 Å². The molecule has 3 heterocycles. The molecule has 0 atom stereocenters. The molecule has 1 fully saturated rings. The number of nitrogens with one attached hydrogen (secondary N) is 1. The van der Waals surface area contributed by atoms with Crippen molar-refractivity contribution in [2.45, 2.75) is 26.2 Å². The Balaban J connectivity index is 1.31. The summed E-state index contributed by atoms with van der Waals surface area (Å²) >= 11 is 1.40. The van der Waals surface area contributed by atoms with E-state index in [0.29, 0.717) is 16.7 Å². The molecule has 0 unspecified atom stereocenters. The fraction of sp³-hybridized carbons (Fsp3) is 0.333. The highest BCUT2D eigenvalue weighted by Gasteiger charge is 2.21. The third kappa shape index (κ3) is 4.54. The third-order valence-electron chi connectivity index (χ3n) is 5.03. The summed E-state index contributed by atoms with van der Waals surface area (Å²) in [5.41, 5.74) is 2.60. The molecule has 7 heteroatoms. The third-order valence-corrected chi connectivity index (χ3v) is 5.90. The zero-order valence-electron chi connectivity index (χ0n) is 15.8. The molecule has 6 nitrogen and oxygen atoms in total. The van der Waals surface area contributed by atoms with Crippen LogP contribution in [-0.4, -0.2) is 34.2 Å². The van der Waals surface area contributed by atoms with Crippen molar-refractivity contribution in [3.8, 4) is 0 Å². The molecule has 1 saturated heterocycles. The zero-order valence-corrected chi connectivity index (χ0v) is 16.7. The number of anilines is 2. The van der Waals surface area contributed by atoms with E-state index in [2.05, 4.69) is 55.7 Å². The van der Waals surface area contributed by atoms with Gasteiger partial charge in [0.2, 0.25) is 0 Å². The molecule has 2 aromatic heterocycles. The summed E-state index contributed by atoms with van der Waals surface area (Å²) in [6.07, 6.45) is 3.42. The zero-order chi connectivity index (χ0) is 19.3. The van der Waals surface area contributed by atoms with E-state index >= 15 is 0 Å². The van der Waals surface area contributed by atoms with Crippen molar-refractivity contribution in [2.24, 2.45) is 5.92 Å². The normalized spacial score (nSPS) is 14.8. The fourth-order valence-corrected chi connectivity index (χ4v) is 4.18. The lowest BCUT2D eigenvalue weighted by Gasteiger charge is -2.32. The first-order chi connectivity index (χ1) is 13.7. The van der Waals surface area contributed by atoms with E-state index in [1.54, 1.807) is 6.07 Å². The molecule has 0 aliphatic carbocycles. The van der Waals surface area contributed by atoms with Gasteiger partial charge in [-0.3, -0.25) is 10.1 Å². The lowest BCUT2D eigenvalue weighted by atomic mass is 9.90. The monoisotopic (exact) mass is 393 g/mol.